The van der Waals surface area contributed by atoms with E-state index in [1.165, 1.54) is 4.68 Å². The molecular weight excluding hydrogens is 364 g/mol. The number of amides is 1. The minimum absolute atomic E-state index is 0.169. The van der Waals surface area contributed by atoms with Crippen LogP contribution in [0.5, 0.6) is 0 Å². The van der Waals surface area contributed by atoms with Crippen LogP contribution < -0.4 is 11.0 Å². The van der Waals surface area contributed by atoms with Crippen molar-refractivity contribution < 1.29 is 4.79 Å². The van der Waals surface area contributed by atoms with E-state index in [0.717, 1.165) is 5.56 Å². The molecule has 1 N–H and O–H groups in total. The van der Waals surface area contributed by atoms with E-state index in [2.05, 4.69) is 15.6 Å². The molecule has 138 valence electrons. The molecule has 0 saturated carbocycles. The second-order valence-corrected chi connectivity index (χ2v) is 6.31. The number of aryl methyl sites for hydroxylation is 1. The van der Waals surface area contributed by atoms with Crippen molar-refractivity contribution in [3.05, 3.63) is 75.2 Å². The third kappa shape index (κ3) is 3.90. The molecule has 0 aliphatic rings. The molecule has 0 atom stereocenters. The van der Waals surface area contributed by atoms with Crippen LogP contribution in [0.25, 0.3) is 10.8 Å². The fourth-order valence-electron chi connectivity index (χ4n) is 2.78. The predicted molar refractivity (Wildman–Crippen MR) is 107 cm³/mol. The number of aromatic nitrogens is 2. The van der Waals surface area contributed by atoms with E-state index in [1.807, 2.05) is 19.1 Å². The number of fused-ring (bicyclic) bond motifs is 1. The summed E-state index contributed by atoms with van der Waals surface area (Å²) < 4.78 is 1.28. The van der Waals surface area contributed by atoms with Crippen molar-refractivity contribution in [2.75, 3.05) is 0 Å². The number of nitrogens with one attached hydrogen (secondary N) is 1. The number of rotatable bonds is 5. The Morgan fingerprint density at radius 2 is 1.78 bits per heavy atom. The van der Waals surface area contributed by atoms with Crippen molar-refractivity contribution in [1.82, 2.24) is 15.2 Å². The summed E-state index contributed by atoms with van der Waals surface area (Å²) in [6, 6.07) is 14.2. The van der Waals surface area contributed by atoms with Gasteiger partial charge >= 0.3 is 0 Å². The molecule has 2 aromatic carbocycles. The molecule has 3 rings (SSSR count). The molecule has 1 aromatic heterocycles. The number of halogens is 1. The molecule has 0 radical (unpaired) electrons. The van der Waals surface area contributed by atoms with E-state index in [9.17, 15) is 9.59 Å². The number of hydrogen-bond acceptors (Lipinski definition) is 4. The molecule has 0 aliphatic heterocycles. The summed E-state index contributed by atoms with van der Waals surface area (Å²) in [5, 5.41) is 10.1. The normalized spacial score (nSPS) is 11.6. The van der Waals surface area contributed by atoms with Crippen LogP contribution >= 0.6 is 11.6 Å². The van der Waals surface area contributed by atoms with Gasteiger partial charge in [0.25, 0.3) is 11.5 Å². The monoisotopic (exact) mass is 382 g/mol. The number of carbonyl (C=O) groups excluding carboxylic acids is 1. The Morgan fingerprint density at radius 3 is 2.41 bits per heavy atom. The van der Waals surface area contributed by atoms with Crippen LogP contribution in [0.1, 0.15) is 36.3 Å². The second-order valence-electron chi connectivity index (χ2n) is 5.87. The van der Waals surface area contributed by atoms with Gasteiger partial charge in [-0.15, -0.1) is 0 Å². The van der Waals surface area contributed by atoms with E-state index in [4.69, 9.17) is 11.6 Å². The van der Waals surface area contributed by atoms with Crippen LogP contribution in [-0.2, 0) is 6.54 Å². The van der Waals surface area contributed by atoms with E-state index in [-0.39, 0.29) is 11.3 Å². The highest BCUT2D eigenvalue weighted by Gasteiger charge is 2.16. The van der Waals surface area contributed by atoms with Gasteiger partial charge in [0.05, 0.1) is 11.1 Å². The minimum atomic E-state index is -0.465. The van der Waals surface area contributed by atoms with Gasteiger partial charge < -0.3 is 0 Å². The smallest absolute Gasteiger partial charge is 0.267 e. The molecular formula is C20H19ClN4O2. The predicted octanol–water partition coefficient (Wildman–Crippen LogP) is 3.61. The second kappa shape index (κ2) is 8.14. The average Bonchev–Trinajstić information content (AvgIpc) is 2.70. The molecule has 6 nitrogen and oxygen atoms in total. The maximum absolute atomic E-state index is 12.7. The lowest BCUT2D eigenvalue weighted by Gasteiger charge is -2.09. The SMILES string of the molecule is CC/C(=N\NC(=O)c1nn(CC)c(=O)c2ccccc12)c1ccc(Cl)cc1. The van der Waals surface area contributed by atoms with Crippen LogP contribution in [0.2, 0.25) is 5.02 Å². The molecule has 7 heteroatoms. The average molecular weight is 383 g/mol. The Hall–Kier alpha value is -2.99. The van der Waals surface area contributed by atoms with Gasteiger partial charge in [-0.2, -0.15) is 10.2 Å². The first kappa shape index (κ1) is 18.8. The maximum Gasteiger partial charge on any atom is 0.292 e. The van der Waals surface area contributed by atoms with Gasteiger partial charge in [-0.05, 0) is 37.1 Å². The van der Waals surface area contributed by atoms with Crippen molar-refractivity contribution in [2.45, 2.75) is 26.8 Å². The number of carbonyl (C=O) groups is 1. The largest absolute Gasteiger partial charge is 0.292 e. The van der Waals surface area contributed by atoms with Gasteiger partial charge in [0.2, 0.25) is 0 Å². The Morgan fingerprint density at radius 1 is 1.11 bits per heavy atom. The lowest BCUT2D eigenvalue weighted by atomic mass is 10.1. The summed E-state index contributed by atoms with van der Waals surface area (Å²) in [5.74, 6) is -0.465. The summed E-state index contributed by atoms with van der Waals surface area (Å²) in [4.78, 5) is 25.1. The first-order valence-electron chi connectivity index (χ1n) is 8.67. The third-order valence-electron chi connectivity index (χ3n) is 4.19. The van der Waals surface area contributed by atoms with E-state index in [0.29, 0.717) is 34.5 Å². The minimum Gasteiger partial charge on any atom is -0.267 e. The Labute approximate surface area is 161 Å². The summed E-state index contributed by atoms with van der Waals surface area (Å²) in [6.07, 6.45) is 0.630. The summed E-state index contributed by atoms with van der Waals surface area (Å²) in [6.45, 7) is 4.13. The highest BCUT2D eigenvalue weighted by atomic mass is 35.5. The number of nitrogens with zero attached hydrogens (tertiary/aromatic N) is 3. The molecule has 27 heavy (non-hydrogen) atoms. The maximum atomic E-state index is 12.7. The van der Waals surface area contributed by atoms with Crippen LogP contribution in [0.15, 0.2) is 58.4 Å². The van der Waals surface area contributed by atoms with Gasteiger partial charge in [0, 0.05) is 17.0 Å². The number of benzene rings is 2. The zero-order valence-electron chi connectivity index (χ0n) is 15.1. The number of hydrazone groups is 1. The lowest BCUT2D eigenvalue weighted by Crippen LogP contribution is -2.29. The Bertz CT molecular complexity index is 1070. The summed E-state index contributed by atoms with van der Waals surface area (Å²) in [5.41, 5.74) is 4.10. The zero-order chi connectivity index (χ0) is 19.4. The van der Waals surface area contributed by atoms with Gasteiger partial charge in [-0.3, -0.25) is 9.59 Å². The fourth-order valence-corrected chi connectivity index (χ4v) is 2.90. The van der Waals surface area contributed by atoms with Crippen molar-refractivity contribution in [3.8, 4) is 0 Å². The molecule has 0 bridgehead atoms. The highest BCUT2D eigenvalue weighted by molar-refractivity contribution is 6.30. The van der Waals surface area contributed by atoms with Gasteiger partial charge in [0.15, 0.2) is 5.69 Å². The van der Waals surface area contributed by atoms with Crippen molar-refractivity contribution >= 4 is 34.0 Å². The van der Waals surface area contributed by atoms with Crippen LogP contribution in [-0.4, -0.2) is 21.4 Å². The summed E-state index contributed by atoms with van der Waals surface area (Å²) >= 11 is 5.92. The van der Waals surface area contributed by atoms with Crippen molar-refractivity contribution in [2.24, 2.45) is 5.10 Å². The summed E-state index contributed by atoms with van der Waals surface area (Å²) in [7, 11) is 0. The fraction of sp³-hybridized carbons (Fsp3) is 0.200. The molecule has 3 aromatic rings. The van der Waals surface area contributed by atoms with E-state index >= 15 is 0 Å². The van der Waals surface area contributed by atoms with E-state index in [1.54, 1.807) is 43.3 Å². The molecule has 0 spiro atoms. The standard InChI is InChI=1S/C20H19ClN4O2/c1-3-17(13-9-11-14(21)12-10-13)22-23-19(26)18-15-7-5-6-8-16(15)20(27)25(4-2)24-18/h5-12H,3-4H2,1-2H3,(H,23,26)/b22-17+. The first-order chi connectivity index (χ1) is 13.0. The molecule has 0 fully saturated rings. The quantitative estimate of drug-likeness (QED) is 0.541. The van der Waals surface area contributed by atoms with Gasteiger partial charge in [-0.25, -0.2) is 10.1 Å². The number of hydrogen-bond donors (Lipinski definition) is 1. The zero-order valence-corrected chi connectivity index (χ0v) is 15.8. The Kier molecular flexibility index (Phi) is 5.66. The van der Waals surface area contributed by atoms with Crippen LogP contribution in [0.3, 0.4) is 0 Å². The molecule has 1 heterocycles. The van der Waals surface area contributed by atoms with Crippen molar-refractivity contribution in [3.63, 3.8) is 0 Å². The lowest BCUT2D eigenvalue weighted by molar-refractivity contribution is 0.0949. The first-order valence-corrected chi connectivity index (χ1v) is 9.05. The van der Waals surface area contributed by atoms with Crippen LogP contribution in [0, 0.1) is 0 Å². The third-order valence-corrected chi connectivity index (χ3v) is 4.44. The van der Waals surface area contributed by atoms with Gasteiger partial charge in [-0.1, -0.05) is 48.9 Å². The topological polar surface area (TPSA) is 76.3 Å². The van der Waals surface area contributed by atoms with Crippen molar-refractivity contribution in [1.29, 1.82) is 0 Å². The Balaban J connectivity index is 1.97. The molecule has 0 aliphatic carbocycles. The molecule has 0 saturated heterocycles. The molecule has 1 amide bonds. The highest BCUT2D eigenvalue weighted by Crippen LogP contribution is 2.14. The van der Waals surface area contributed by atoms with Crippen LogP contribution in [0.4, 0.5) is 0 Å². The van der Waals surface area contributed by atoms with E-state index < -0.39 is 5.91 Å². The molecule has 0 unspecified atom stereocenters. The van der Waals surface area contributed by atoms with Gasteiger partial charge in [0.1, 0.15) is 0 Å².